The van der Waals surface area contributed by atoms with Crippen molar-refractivity contribution in [2.75, 3.05) is 23.4 Å². The van der Waals surface area contributed by atoms with E-state index in [1.165, 1.54) is 6.07 Å². The number of anilines is 2. The van der Waals surface area contributed by atoms with E-state index in [1.807, 2.05) is 6.07 Å². The van der Waals surface area contributed by atoms with Gasteiger partial charge in [-0.15, -0.1) is 10.2 Å². The Morgan fingerprint density at radius 3 is 2.75 bits per heavy atom. The molecule has 0 saturated carbocycles. The van der Waals surface area contributed by atoms with Crippen LogP contribution < -0.4 is 15.9 Å². The van der Waals surface area contributed by atoms with Crippen LogP contribution in [-0.4, -0.2) is 34.0 Å². The standard InChI is InChI=1S/C16H19FN6O/c1-10(19-21-16-18-15(24)11(2)20-22-16)12-5-6-14(13(17)9-12)23-7-3-4-8-23/h5-6,9H,3-4,7-8H2,1-2H3,(H2,18,21,22,24)/b19-10-. The molecule has 1 aromatic carbocycles. The minimum absolute atomic E-state index is 0.138. The Kier molecular flexibility index (Phi) is 4.54. The zero-order valence-corrected chi connectivity index (χ0v) is 13.6. The first-order chi connectivity index (χ1) is 11.5. The van der Waals surface area contributed by atoms with Gasteiger partial charge in [-0.05, 0) is 38.8 Å². The molecule has 0 atom stereocenters. The molecule has 24 heavy (non-hydrogen) atoms. The number of aromatic nitrogens is 3. The zero-order chi connectivity index (χ0) is 17.1. The lowest BCUT2D eigenvalue weighted by Crippen LogP contribution is -2.19. The summed E-state index contributed by atoms with van der Waals surface area (Å²) in [4.78, 5) is 16.0. The number of hydrogen-bond acceptors (Lipinski definition) is 6. The molecule has 1 aliphatic rings. The van der Waals surface area contributed by atoms with Crippen LogP contribution in [0.3, 0.4) is 0 Å². The highest BCUT2D eigenvalue weighted by Crippen LogP contribution is 2.24. The molecule has 2 heterocycles. The van der Waals surface area contributed by atoms with Gasteiger partial charge in [0.1, 0.15) is 11.5 Å². The molecule has 1 aromatic heterocycles. The fraction of sp³-hybridized carbons (Fsp3) is 0.375. The second-order valence-electron chi connectivity index (χ2n) is 5.76. The van der Waals surface area contributed by atoms with Gasteiger partial charge in [0, 0.05) is 18.7 Å². The average Bonchev–Trinajstić information content (AvgIpc) is 3.09. The van der Waals surface area contributed by atoms with Crippen molar-refractivity contribution in [2.45, 2.75) is 26.7 Å². The van der Waals surface area contributed by atoms with Gasteiger partial charge >= 0.3 is 0 Å². The molecular weight excluding hydrogens is 311 g/mol. The Hall–Kier alpha value is -2.77. The number of aryl methyl sites for hydroxylation is 1. The summed E-state index contributed by atoms with van der Waals surface area (Å²) in [6.07, 6.45) is 2.20. The lowest BCUT2D eigenvalue weighted by molar-refractivity contribution is 0.623. The zero-order valence-electron chi connectivity index (χ0n) is 13.6. The Labute approximate surface area is 138 Å². The summed E-state index contributed by atoms with van der Waals surface area (Å²) in [6.45, 7) is 5.10. The molecule has 2 aromatic rings. The molecule has 0 unspecified atom stereocenters. The maximum Gasteiger partial charge on any atom is 0.274 e. The van der Waals surface area contributed by atoms with Gasteiger partial charge in [0.25, 0.3) is 5.56 Å². The van der Waals surface area contributed by atoms with Gasteiger partial charge in [-0.2, -0.15) is 5.10 Å². The number of H-pyrrole nitrogens is 1. The lowest BCUT2D eigenvalue weighted by atomic mass is 10.1. The van der Waals surface area contributed by atoms with Crippen molar-refractivity contribution in [1.29, 1.82) is 0 Å². The fourth-order valence-corrected chi connectivity index (χ4v) is 2.59. The molecule has 7 nitrogen and oxygen atoms in total. The van der Waals surface area contributed by atoms with Crippen molar-refractivity contribution in [3.63, 3.8) is 0 Å². The summed E-state index contributed by atoms with van der Waals surface area (Å²) in [6, 6.07) is 5.08. The number of benzene rings is 1. The molecule has 0 amide bonds. The van der Waals surface area contributed by atoms with Crippen LogP contribution in [0.15, 0.2) is 28.1 Å². The normalized spacial score (nSPS) is 15.0. The Balaban J connectivity index is 1.76. The van der Waals surface area contributed by atoms with Crippen LogP contribution in [0.4, 0.5) is 16.0 Å². The Morgan fingerprint density at radius 1 is 1.33 bits per heavy atom. The summed E-state index contributed by atoms with van der Waals surface area (Å²) in [5.74, 6) is -0.119. The molecule has 3 rings (SSSR count). The molecule has 0 radical (unpaired) electrons. The van der Waals surface area contributed by atoms with Crippen molar-refractivity contribution >= 4 is 17.3 Å². The quantitative estimate of drug-likeness (QED) is 0.662. The Morgan fingerprint density at radius 2 is 2.08 bits per heavy atom. The third-order valence-corrected chi connectivity index (χ3v) is 4.00. The summed E-state index contributed by atoms with van der Waals surface area (Å²) < 4.78 is 14.3. The van der Waals surface area contributed by atoms with Crippen LogP contribution in [0.1, 0.15) is 31.0 Å². The maximum absolute atomic E-state index is 14.3. The van der Waals surface area contributed by atoms with Gasteiger partial charge in [-0.1, -0.05) is 6.07 Å². The highest BCUT2D eigenvalue weighted by atomic mass is 19.1. The largest absolute Gasteiger partial charge is 0.369 e. The number of aromatic amines is 1. The molecule has 2 N–H and O–H groups in total. The fourth-order valence-electron chi connectivity index (χ4n) is 2.59. The van der Waals surface area contributed by atoms with Crippen LogP contribution in [0.25, 0.3) is 0 Å². The molecule has 0 spiro atoms. The van der Waals surface area contributed by atoms with Crippen molar-refractivity contribution < 1.29 is 4.39 Å². The number of nitrogens with zero attached hydrogens (tertiary/aromatic N) is 4. The first kappa shape index (κ1) is 16.1. The van der Waals surface area contributed by atoms with E-state index in [0.717, 1.165) is 25.9 Å². The second-order valence-corrected chi connectivity index (χ2v) is 5.76. The summed E-state index contributed by atoms with van der Waals surface area (Å²) in [7, 11) is 0. The van der Waals surface area contributed by atoms with E-state index in [4.69, 9.17) is 0 Å². The molecule has 1 saturated heterocycles. The number of rotatable bonds is 4. The van der Waals surface area contributed by atoms with Gasteiger partial charge in [0.2, 0.25) is 5.95 Å². The van der Waals surface area contributed by atoms with E-state index >= 15 is 0 Å². The monoisotopic (exact) mass is 330 g/mol. The maximum atomic E-state index is 14.3. The van der Waals surface area contributed by atoms with Gasteiger partial charge in [-0.3, -0.25) is 9.78 Å². The first-order valence-electron chi connectivity index (χ1n) is 7.83. The summed E-state index contributed by atoms with van der Waals surface area (Å²) >= 11 is 0. The van der Waals surface area contributed by atoms with E-state index in [-0.39, 0.29) is 23.0 Å². The number of halogens is 1. The van der Waals surface area contributed by atoms with E-state index < -0.39 is 0 Å². The molecule has 8 heteroatoms. The van der Waals surface area contributed by atoms with Crippen molar-refractivity contribution in [2.24, 2.45) is 5.10 Å². The summed E-state index contributed by atoms with van der Waals surface area (Å²) in [5, 5.41) is 11.6. The first-order valence-corrected chi connectivity index (χ1v) is 7.83. The van der Waals surface area contributed by atoms with Crippen molar-refractivity contribution in [1.82, 2.24) is 15.2 Å². The molecular formula is C16H19FN6O. The minimum Gasteiger partial charge on any atom is -0.369 e. The van der Waals surface area contributed by atoms with Crippen LogP contribution >= 0.6 is 0 Å². The van der Waals surface area contributed by atoms with Gasteiger partial charge in [0.15, 0.2) is 0 Å². The lowest BCUT2D eigenvalue weighted by Gasteiger charge is -2.18. The smallest absolute Gasteiger partial charge is 0.274 e. The van der Waals surface area contributed by atoms with Crippen molar-refractivity contribution in [3.05, 3.63) is 45.6 Å². The van der Waals surface area contributed by atoms with Crippen LogP contribution in [0.5, 0.6) is 0 Å². The number of hydrazone groups is 1. The number of nitrogens with one attached hydrogen (secondary N) is 2. The van der Waals surface area contributed by atoms with Crippen LogP contribution in [0, 0.1) is 12.7 Å². The van der Waals surface area contributed by atoms with Gasteiger partial charge < -0.3 is 4.90 Å². The molecule has 1 fully saturated rings. The predicted octanol–water partition coefficient (Wildman–Crippen LogP) is 2.05. The van der Waals surface area contributed by atoms with Gasteiger partial charge in [0.05, 0.1) is 11.4 Å². The molecule has 1 aliphatic heterocycles. The average molecular weight is 330 g/mol. The highest BCUT2D eigenvalue weighted by Gasteiger charge is 2.16. The molecule has 0 aliphatic carbocycles. The third kappa shape index (κ3) is 3.42. The van der Waals surface area contributed by atoms with Crippen LogP contribution in [0.2, 0.25) is 0 Å². The van der Waals surface area contributed by atoms with Crippen molar-refractivity contribution in [3.8, 4) is 0 Å². The minimum atomic E-state index is -0.332. The number of hydrogen-bond donors (Lipinski definition) is 2. The molecule has 126 valence electrons. The topological polar surface area (TPSA) is 86.3 Å². The third-order valence-electron chi connectivity index (χ3n) is 4.00. The highest BCUT2D eigenvalue weighted by molar-refractivity contribution is 5.99. The molecule has 0 bridgehead atoms. The second kappa shape index (κ2) is 6.77. The van der Waals surface area contributed by atoms with E-state index in [1.54, 1.807) is 19.9 Å². The summed E-state index contributed by atoms with van der Waals surface area (Å²) in [5.41, 5.74) is 4.43. The SMILES string of the molecule is C/C(=N/Nc1nnc(C)c(=O)[nH]1)c1ccc(N2CCCC2)c(F)c1. The van der Waals surface area contributed by atoms with E-state index in [0.29, 0.717) is 17.0 Å². The van der Waals surface area contributed by atoms with Gasteiger partial charge in [-0.25, -0.2) is 9.82 Å². The van der Waals surface area contributed by atoms with E-state index in [9.17, 15) is 9.18 Å². The predicted molar refractivity (Wildman–Crippen MR) is 91.1 cm³/mol. The van der Waals surface area contributed by atoms with E-state index in [2.05, 4.69) is 30.6 Å². The Bertz CT molecular complexity index is 826. The van der Waals surface area contributed by atoms with Crippen LogP contribution in [-0.2, 0) is 0 Å².